The van der Waals surface area contributed by atoms with Crippen molar-refractivity contribution in [1.82, 2.24) is 25.2 Å². The number of likely N-dealkylation sites (N-methyl/N-ethyl adjacent to an activating group) is 1. The van der Waals surface area contributed by atoms with Gasteiger partial charge >= 0.3 is 0 Å². The van der Waals surface area contributed by atoms with Crippen LogP contribution < -0.4 is 5.32 Å². The number of hydrogen-bond donors (Lipinski definition) is 2. The molecule has 2 aromatic carbocycles. The van der Waals surface area contributed by atoms with Crippen LogP contribution in [0.25, 0.3) is 11.1 Å². The van der Waals surface area contributed by atoms with Crippen molar-refractivity contribution in [3.05, 3.63) is 78.4 Å². The monoisotopic (exact) mass is 529 g/mol. The normalized spacial score (nSPS) is 21.7. The SMILES string of the molecule is CON(C)C(=O)[C@H](Cc1cnc[nH]1)NC[C@H]1C[C@@H]2CCCC[C@H]2CN1C(=O)c1ccc(-c2ccccc2)cc1. The Morgan fingerprint density at radius 2 is 1.79 bits per heavy atom. The third-order valence-corrected chi connectivity index (χ3v) is 8.47. The first-order valence-corrected chi connectivity index (χ1v) is 14.0. The zero-order chi connectivity index (χ0) is 27.2. The van der Waals surface area contributed by atoms with Crippen molar-refractivity contribution in [2.45, 2.75) is 50.6 Å². The molecule has 2 fully saturated rings. The summed E-state index contributed by atoms with van der Waals surface area (Å²) in [7, 11) is 3.10. The Morgan fingerprint density at radius 3 is 2.49 bits per heavy atom. The van der Waals surface area contributed by atoms with E-state index in [2.05, 4.69) is 32.3 Å². The fourth-order valence-electron chi connectivity index (χ4n) is 6.21. The first-order chi connectivity index (χ1) is 19.0. The van der Waals surface area contributed by atoms with Crippen LogP contribution in [0.3, 0.4) is 0 Å². The number of fused-ring (bicyclic) bond motifs is 1. The summed E-state index contributed by atoms with van der Waals surface area (Å²) in [4.78, 5) is 41.5. The fraction of sp³-hybridized carbons (Fsp3) is 0.452. The van der Waals surface area contributed by atoms with E-state index in [1.54, 1.807) is 19.6 Å². The van der Waals surface area contributed by atoms with Gasteiger partial charge in [0.25, 0.3) is 11.8 Å². The van der Waals surface area contributed by atoms with E-state index in [0.717, 1.165) is 29.8 Å². The molecule has 4 atom stereocenters. The lowest BCUT2D eigenvalue weighted by atomic mass is 9.72. The number of rotatable bonds is 9. The molecule has 0 unspecified atom stereocenters. The number of benzene rings is 2. The molecule has 2 heterocycles. The molecule has 0 spiro atoms. The average molecular weight is 530 g/mol. The maximum atomic E-state index is 13.9. The maximum absolute atomic E-state index is 13.9. The number of aromatic nitrogens is 2. The zero-order valence-electron chi connectivity index (χ0n) is 22.9. The number of carbonyl (C=O) groups is 2. The third kappa shape index (κ3) is 6.40. The molecule has 1 aromatic heterocycles. The highest BCUT2D eigenvalue weighted by Crippen LogP contribution is 2.39. The fourth-order valence-corrected chi connectivity index (χ4v) is 6.21. The molecule has 8 heteroatoms. The van der Waals surface area contributed by atoms with Gasteiger partial charge in [-0.05, 0) is 47.9 Å². The number of hydrogen-bond acceptors (Lipinski definition) is 5. The summed E-state index contributed by atoms with van der Waals surface area (Å²) in [5, 5.41) is 4.75. The van der Waals surface area contributed by atoms with Crippen molar-refractivity contribution in [1.29, 1.82) is 0 Å². The Morgan fingerprint density at radius 1 is 1.08 bits per heavy atom. The quantitative estimate of drug-likeness (QED) is 0.403. The van der Waals surface area contributed by atoms with Crippen LogP contribution in [-0.4, -0.2) is 71.1 Å². The van der Waals surface area contributed by atoms with Crippen molar-refractivity contribution in [2.24, 2.45) is 11.8 Å². The van der Waals surface area contributed by atoms with Gasteiger partial charge in [0, 0.05) is 50.1 Å². The van der Waals surface area contributed by atoms with E-state index in [0.29, 0.717) is 30.4 Å². The van der Waals surface area contributed by atoms with E-state index in [-0.39, 0.29) is 17.9 Å². The highest BCUT2D eigenvalue weighted by molar-refractivity contribution is 5.95. The molecule has 8 nitrogen and oxygen atoms in total. The second-order valence-electron chi connectivity index (χ2n) is 10.9. The van der Waals surface area contributed by atoms with Crippen molar-refractivity contribution in [2.75, 3.05) is 27.2 Å². The topological polar surface area (TPSA) is 90.6 Å². The molecule has 0 bridgehead atoms. The molecule has 1 saturated heterocycles. The molecule has 3 aromatic rings. The van der Waals surface area contributed by atoms with Crippen molar-refractivity contribution in [3.8, 4) is 11.1 Å². The van der Waals surface area contributed by atoms with E-state index >= 15 is 0 Å². The molecule has 5 rings (SSSR count). The van der Waals surface area contributed by atoms with Gasteiger partial charge in [-0.15, -0.1) is 0 Å². The second kappa shape index (κ2) is 12.6. The number of amides is 2. The summed E-state index contributed by atoms with van der Waals surface area (Å²) >= 11 is 0. The number of H-pyrrole nitrogens is 1. The Kier molecular flexibility index (Phi) is 8.74. The Bertz CT molecular complexity index is 1210. The summed E-state index contributed by atoms with van der Waals surface area (Å²) in [6.07, 6.45) is 9.66. The molecule has 2 amide bonds. The van der Waals surface area contributed by atoms with Gasteiger partial charge in [-0.3, -0.25) is 14.4 Å². The highest BCUT2D eigenvalue weighted by Gasteiger charge is 2.39. The van der Waals surface area contributed by atoms with Crippen LogP contribution in [-0.2, 0) is 16.1 Å². The smallest absolute Gasteiger partial charge is 0.263 e. The predicted molar refractivity (Wildman–Crippen MR) is 151 cm³/mol. The van der Waals surface area contributed by atoms with Crippen molar-refractivity contribution >= 4 is 11.8 Å². The number of carbonyl (C=O) groups excluding carboxylic acids is 2. The number of nitrogens with zero attached hydrogens (tertiary/aromatic N) is 3. The third-order valence-electron chi connectivity index (χ3n) is 8.47. The van der Waals surface area contributed by atoms with Gasteiger partial charge in [0.1, 0.15) is 0 Å². The lowest BCUT2D eigenvalue weighted by molar-refractivity contribution is -0.171. The number of hydroxylamine groups is 2. The molecule has 1 saturated carbocycles. The van der Waals surface area contributed by atoms with Crippen molar-refractivity contribution in [3.63, 3.8) is 0 Å². The Hall–Kier alpha value is -3.49. The van der Waals surface area contributed by atoms with E-state index < -0.39 is 6.04 Å². The van der Waals surface area contributed by atoms with E-state index in [1.165, 1.54) is 37.9 Å². The standard InChI is InChI=1S/C31H39N5O3/c1-35(39-2)31(38)29(17-27-18-32-21-34-27)33-19-28-16-25-10-6-7-11-26(25)20-36(28)30(37)24-14-12-23(13-15-24)22-8-4-3-5-9-22/h3-5,8-9,12-15,18,21,25-26,28-29,33H,6-7,10-11,16-17,19-20H2,1-2H3,(H,32,34)/t25-,26-,28+,29-/m0/s1. The number of nitrogens with one attached hydrogen (secondary N) is 2. The minimum absolute atomic E-state index is 0.00978. The van der Waals surface area contributed by atoms with Gasteiger partial charge < -0.3 is 15.2 Å². The minimum Gasteiger partial charge on any atom is -0.348 e. The summed E-state index contributed by atoms with van der Waals surface area (Å²) in [6, 6.07) is 17.7. The number of likely N-dealkylation sites (tertiary alicyclic amines) is 1. The predicted octanol–water partition coefficient (Wildman–Crippen LogP) is 4.32. The summed E-state index contributed by atoms with van der Waals surface area (Å²) < 4.78 is 0. The molecule has 2 aliphatic rings. The number of imidazole rings is 1. The largest absolute Gasteiger partial charge is 0.348 e. The Balaban J connectivity index is 1.34. The highest BCUT2D eigenvalue weighted by atomic mass is 16.7. The van der Waals surface area contributed by atoms with Crippen LogP contribution in [0.2, 0.25) is 0 Å². The van der Waals surface area contributed by atoms with Crippen LogP contribution >= 0.6 is 0 Å². The summed E-state index contributed by atoms with van der Waals surface area (Å²) in [5.41, 5.74) is 3.81. The van der Waals surface area contributed by atoms with Crippen LogP contribution in [0, 0.1) is 11.8 Å². The van der Waals surface area contributed by atoms with Crippen molar-refractivity contribution < 1.29 is 14.4 Å². The maximum Gasteiger partial charge on any atom is 0.263 e. The van der Waals surface area contributed by atoms with E-state index in [4.69, 9.17) is 4.84 Å². The molecule has 1 aliphatic heterocycles. The van der Waals surface area contributed by atoms with Gasteiger partial charge in [-0.1, -0.05) is 61.7 Å². The first-order valence-electron chi connectivity index (χ1n) is 14.0. The summed E-state index contributed by atoms with van der Waals surface area (Å²) in [5.74, 6) is 1.08. The second-order valence-corrected chi connectivity index (χ2v) is 10.9. The van der Waals surface area contributed by atoms with Gasteiger partial charge in [-0.25, -0.2) is 10.0 Å². The van der Waals surface area contributed by atoms with Gasteiger partial charge in [-0.2, -0.15) is 0 Å². The average Bonchev–Trinajstić information content (AvgIpc) is 3.51. The van der Waals surface area contributed by atoms with E-state index in [1.807, 2.05) is 42.5 Å². The number of aromatic amines is 1. The first kappa shape index (κ1) is 27.1. The van der Waals surface area contributed by atoms with Crippen LogP contribution in [0.4, 0.5) is 0 Å². The summed E-state index contributed by atoms with van der Waals surface area (Å²) in [6.45, 7) is 1.31. The molecular formula is C31H39N5O3. The minimum atomic E-state index is -0.499. The lowest BCUT2D eigenvalue weighted by Gasteiger charge is -2.46. The van der Waals surface area contributed by atoms with Crippen LogP contribution in [0.5, 0.6) is 0 Å². The molecule has 2 N–H and O–H groups in total. The van der Waals surface area contributed by atoms with Crippen LogP contribution in [0.1, 0.15) is 48.2 Å². The lowest BCUT2D eigenvalue weighted by Crippen LogP contribution is -2.56. The Labute approximate surface area is 230 Å². The zero-order valence-corrected chi connectivity index (χ0v) is 22.9. The molecule has 1 aliphatic carbocycles. The molecule has 39 heavy (non-hydrogen) atoms. The molecular weight excluding hydrogens is 490 g/mol. The van der Waals surface area contributed by atoms with E-state index in [9.17, 15) is 9.59 Å². The van der Waals surface area contributed by atoms with Gasteiger partial charge in [0.15, 0.2) is 0 Å². The van der Waals surface area contributed by atoms with Crippen LogP contribution in [0.15, 0.2) is 67.1 Å². The molecule has 206 valence electrons. The number of piperidine rings is 1. The molecule has 0 radical (unpaired) electrons. The van der Waals surface area contributed by atoms with Gasteiger partial charge in [0.2, 0.25) is 0 Å². The van der Waals surface area contributed by atoms with Gasteiger partial charge in [0.05, 0.1) is 19.5 Å².